The fraction of sp³-hybridized carbons (Fsp3) is 0.0625. The van der Waals surface area contributed by atoms with Gasteiger partial charge in [0.1, 0.15) is 0 Å². The fourth-order valence-electron chi connectivity index (χ4n) is 2.29. The van der Waals surface area contributed by atoms with Crippen LogP contribution in [0.2, 0.25) is 0 Å². The average Bonchev–Trinajstić information content (AvgIpc) is 2.48. The number of nitrogen functional groups attached to an aromatic ring is 1. The topological polar surface area (TPSA) is 64.9 Å². The Labute approximate surface area is 111 Å². The molecule has 0 aliphatic carbocycles. The van der Waals surface area contributed by atoms with Gasteiger partial charge in [-0.25, -0.2) is 0 Å². The number of fused-ring (bicyclic) bond motifs is 1. The van der Waals surface area contributed by atoms with Gasteiger partial charge in [0.2, 0.25) is 0 Å². The van der Waals surface area contributed by atoms with Crippen LogP contribution in [-0.4, -0.2) is 4.98 Å². The monoisotopic (exact) mass is 249 g/mol. The molecule has 0 bridgehead atoms. The molecule has 0 fully saturated rings. The smallest absolute Gasteiger partial charge is 0.0934 e. The van der Waals surface area contributed by atoms with E-state index in [1.807, 2.05) is 54.6 Å². The summed E-state index contributed by atoms with van der Waals surface area (Å²) >= 11 is 0. The molecule has 0 saturated heterocycles. The van der Waals surface area contributed by atoms with Crippen molar-refractivity contribution in [3.05, 3.63) is 71.9 Å². The normalized spacial score (nSPS) is 12.5. The van der Waals surface area contributed by atoms with Crippen LogP contribution in [0.1, 0.15) is 17.2 Å². The highest BCUT2D eigenvalue weighted by Crippen LogP contribution is 2.29. The maximum absolute atomic E-state index is 6.30. The summed E-state index contributed by atoms with van der Waals surface area (Å²) in [7, 11) is 0. The Balaban J connectivity index is 2.13. The van der Waals surface area contributed by atoms with Crippen LogP contribution in [0.5, 0.6) is 0 Å². The van der Waals surface area contributed by atoms with E-state index in [-0.39, 0.29) is 6.04 Å². The molecule has 4 N–H and O–H groups in total. The number of nitrogens with zero attached hydrogens (tertiary/aromatic N) is 1. The van der Waals surface area contributed by atoms with Gasteiger partial charge in [0, 0.05) is 11.6 Å². The van der Waals surface area contributed by atoms with Crippen molar-refractivity contribution in [1.82, 2.24) is 4.98 Å². The second kappa shape index (κ2) is 4.71. The Morgan fingerprint density at radius 2 is 1.68 bits per heavy atom. The Morgan fingerprint density at radius 3 is 2.47 bits per heavy atom. The number of benzene rings is 2. The van der Waals surface area contributed by atoms with Gasteiger partial charge in [0.05, 0.1) is 17.2 Å². The Kier molecular flexibility index (Phi) is 2.89. The first-order valence-electron chi connectivity index (χ1n) is 6.21. The lowest BCUT2D eigenvalue weighted by atomic mass is 9.96. The second-order valence-corrected chi connectivity index (χ2v) is 4.53. The maximum atomic E-state index is 6.30. The maximum Gasteiger partial charge on any atom is 0.0934 e. The molecule has 19 heavy (non-hydrogen) atoms. The summed E-state index contributed by atoms with van der Waals surface area (Å²) in [4.78, 5) is 4.34. The lowest BCUT2D eigenvalue weighted by Crippen LogP contribution is -2.14. The van der Waals surface area contributed by atoms with Crippen LogP contribution in [0.4, 0.5) is 5.69 Å². The predicted octanol–water partition coefficient (Wildman–Crippen LogP) is 2.87. The van der Waals surface area contributed by atoms with E-state index in [9.17, 15) is 0 Å². The molecule has 1 atom stereocenters. The van der Waals surface area contributed by atoms with Gasteiger partial charge in [-0.2, -0.15) is 0 Å². The second-order valence-electron chi connectivity index (χ2n) is 4.53. The number of nitrogens with two attached hydrogens (primary N) is 2. The molecule has 0 amide bonds. The van der Waals surface area contributed by atoms with E-state index in [1.165, 1.54) is 0 Å². The van der Waals surface area contributed by atoms with Crippen LogP contribution in [0.25, 0.3) is 10.9 Å². The highest BCUT2D eigenvalue weighted by atomic mass is 14.7. The van der Waals surface area contributed by atoms with Crippen molar-refractivity contribution in [3.8, 4) is 0 Å². The molecular formula is C16H15N3. The van der Waals surface area contributed by atoms with Gasteiger partial charge in [0.25, 0.3) is 0 Å². The average molecular weight is 249 g/mol. The molecule has 1 heterocycles. The summed E-state index contributed by atoms with van der Waals surface area (Å²) in [6.45, 7) is 0. The fourth-order valence-corrected chi connectivity index (χ4v) is 2.29. The number of pyridine rings is 1. The Morgan fingerprint density at radius 1 is 0.895 bits per heavy atom. The summed E-state index contributed by atoms with van der Waals surface area (Å²) in [6, 6.07) is 17.6. The van der Waals surface area contributed by atoms with Gasteiger partial charge in [-0.05, 0) is 17.2 Å². The largest absolute Gasteiger partial charge is 0.397 e. The van der Waals surface area contributed by atoms with Crippen molar-refractivity contribution < 1.29 is 0 Å². The van der Waals surface area contributed by atoms with Crippen LogP contribution in [-0.2, 0) is 0 Å². The first-order chi connectivity index (χ1) is 9.27. The van der Waals surface area contributed by atoms with Crippen molar-refractivity contribution in [3.63, 3.8) is 0 Å². The molecule has 2 aromatic carbocycles. The molecule has 94 valence electrons. The molecule has 0 spiro atoms. The minimum atomic E-state index is -0.229. The lowest BCUT2D eigenvalue weighted by Gasteiger charge is -2.16. The third-order valence-corrected chi connectivity index (χ3v) is 3.34. The van der Waals surface area contributed by atoms with E-state index < -0.39 is 0 Å². The van der Waals surface area contributed by atoms with Gasteiger partial charge >= 0.3 is 0 Å². The van der Waals surface area contributed by atoms with E-state index in [0.717, 1.165) is 22.0 Å². The summed E-state index contributed by atoms with van der Waals surface area (Å²) in [6.07, 6.45) is 1.75. The molecule has 3 heteroatoms. The summed E-state index contributed by atoms with van der Waals surface area (Å²) in [5, 5.41) is 1.03. The minimum Gasteiger partial charge on any atom is -0.397 e. The molecule has 3 nitrogen and oxygen atoms in total. The van der Waals surface area contributed by atoms with E-state index >= 15 is 0 Å². The van der Waals surface area contributed by atoms with Crippen LogP contribution >= 0.6 is 0 Å². The van der Waals surface area contributed by atoms with Gasteiger partial charge in [0.15, 0.2) is 0 Å². The molecule has 0 aliphatic rings. The third-order valence-electron chi connectivity index (χ3n) is 3.34. The molecule has 3 rings (SSSR count). The molecule has 1 aromatic heterocycles. The van der Waals surface area contributed by atoms with Gasteiger partial charge in [-0.1, -0.05) is 48.5 Å². The molecule has 3 aromatic rings. The van der Waals surface area contributed by atoms with Gasteiger partial charge in [-0.3, -0.25) is 4.98 Å². The van der Waals surface area contributed by atoms with Gasteiger partial charge in [-0.15, -0.1) is 0 Å². The summed E-state index contributed by atoms with van der Waals surface area (Å²) in [5.74, 6) is 0. The number of aromatic nitrogens is 1. The molecule has 0 radical (unpaired) electrons. The summed E-state index contributed by atoms with van der Waals surface area (Å²) < 4.78 is 0. The Bertz CT molecular complexity index is 708. The SMILES string of the molecule is Nc1c(C(N)c2ccccc2)ccc2cccnc12. The zero-order chi connectivity index (χ0) is 13.2. The number of rotatable bonds is 2. The first kappa shape index (κ1) is 11.7. The lowest BCUT2D eigenvalue weighted by molar-refractivity contribution is 0.876. The quantitative estimate of drug-likeness (QED) is 0.686. The molecule has 0 aliphatic heterocycles. The number of hydrogen-bond donors (Lipinski definition) is 2. The van der Waals surface area contributed by atoms with Crippen LogP contribution < -0.4 is 11.5 Å². The van der Waals surface area contributed by atoms with Crippen molar-refractivity contribution >= 4 is 16.6 Å². The molecule has 0 saturated carbocycles. The number of anilines is 1. The molecular weight excluding hydrogens is 234 g/mol. The van der Waals surface area contributed by atoms with Crippen LogP contribution in [0.15, 0.2) is 60.8 Å². The summed E-state index contributed by atoms with van der Waals surface area (Å²) in [5.41, 5.74) is 15.9. The van der Waals surface area contributed by atoms with Gasteiger partial charge < -0.3 is 11.5 Å². The standard InChI is InChI=1S/C16H15N3/c17-14(11-5-2-1-3-6-11)13-9-8-12-7-4-10-19-16(12)15(13)18/h1-10,14H,17-18H2. The Hall–Kier alpha value is -2.39. The zero-order valence-electron chi connectivity index (χ0n) is 10.5. The minimum absolute atomic E-state index is 0.229. The van der Waals surface area contributed by atoms with Crippen molar-refractivity contribution in [2.45, 2.75) is 6.04 Å². The predicted molar refractivity (Wildman–Crippen MR) is 78.6 cm³/mol. The zero-order valence-corrected chi connectivity index (χ0v) is 10.5. The van der Waals surface area contributed by atoms with Crippen molar-refractivity contribution in [1.29, 1.82) is 0 Å². The highest BCUT2D eigenvalue weighted by molar-refractivity contribution is 5.91. The molecule has 1 unspecified atom stereocenters. The first-order valence-corrected chi connectivity index (χ1v) is 6.21. The van der Waals surface area contributed by atoms with E-state index in [1.54, 1.807) is 6.20 Å². The van der Waals surface area contributed by atoms with E-state index in [2.05, 4.69) is 4.98 Å². The number of hydrogen-bond acceptors (Lipinski definition) is 3. The van der Waals surface area contributed by atoms with E-state index in [4.69, 9.17) is 11.5 Å². The highest BCUT2D eigenvalue weighted by Gasteiger charge is 2.13. The van der Waals surface area contributed by atoms with Crippen LogP contribution in [0, 0.1) is 0 Å². The van der Waals surface area contributed by atoms with Crippen molar-refractivity contribution in [2.75, 3.05) is 5.73 Å². The van der Waals surface area contributed by atoms with E-state index in [0.29, 0.717) is 5.69 Å². The van der Waals surface area contributed by atoms with Crippen molar-refractivity contribution in [2.24, 2.45) is 5.73 Å². The third kappa shape index (κ3) is 2.04. The van der Waals surface area contributed by atoms with Crippen LogP contribution in [0.3, 0.4) is 0 Å².